The second-order valence-corrected chi connectivity index (χ2v) is 8.84. The molecule has 0 saturated carbocycles. The van der Waals surface area contributed by atoms with Gasteiger partial charge in [-0.15, -0.1) is 0 Å². The van der Waals surface area contributed by atoms with Crippen LogP contribution in [0.2, 0.25) is 0 Å². The van der Waals surface area contributed by atoms with E-state index in [0.717, 1.165) is 0 Å². The molecule has 68 valence electrons. The number of halogens is 4. The van der Waals surface area contributed by atoms with Crippen molar-refractivity contribution >= 4 is 63.7 Å². The second kappa shape index (κ2) is 4.37. The highest BCUT2D eigenvalue weighted by Gasteiger charge is 2.47. The molecule has 0 bridgehead atoms. The highest BCUT2D eigenvalue weighted by atomic mass is 79.9. The molecule has 0 saturated heterocycles. The van der Waals surface area contributed by atoms with Gasteiger partial charge in [-0.1, -0.05) is 38.8 Å². The van der Waals surface area contributed by atoms with E-state index in [-0.39, 0.29) is 10.3 Å². The lowest BCUT2D eigenvalue weighted by atomic mass is 9.96. The molecule has 11 heavy (non-hydrogen) atoms. The molecule has 2 N–H and O–H groups in total. The maximum atomic E-state index is 9.52. The lowest BCUT2D eigenvalue weighted by Crippen LogP contribution is -2.43. The van der Waals surface area contributed by atoms with Crippen molar-refractivity contribution in [1.82, 2.24) is 0 Å². The molecule has 0 heterocycles. The lowest BCUT2D eigenvalue weighted by Gasteiger charge is -2.37. The molecule has 0 aliphatic rings. The highest BCUT2D eigenvalue weighted by molar-refractivity contribution is 9.26. The molecule has 0 aromatic carbocycles. The first-order chi connectivity index (χ1) is 4.75. The number of aliphatic hydroxyl groups excluding tert-OH is 1. The number of rotatable bonds is 3. The molecule has 0 amide bonds. The van der Waals surface area contributed by atoms with Gasteiger partial charge < -0.3 is 10.2 Å². The lowest BCUT2D eigenvalue weighted by molar-refractivity contribution is 0.0509. The van der Waals surface area contributed by atoms with E-state index in [1.54, 1.807) is 6.92 Å². The van der Waals surface area contributed by atoms with Crippen molar-refractivity contribution in [2.45, 2.75) is 14.1 Å². The van der Waals surface area contributed by atoms with Gasteiger partial charge in [-0.25, -0.2) is 0 Å². The van der Waals surface area contributed by atoms with Crippen LogP contribution in [0.4, 0.5) is 0 Å². The van der Waals surface area contributed by atoms with Crippen molar-refractivity contribution < 1.29 is 10.2 Å². The summed E-state index contributed by atoms with van der Waals surface area (Å²) in [6.07, 6.45) is 0. The van der Waals surface area contributed by atoms with Crippen LogP contribution in [-0.4, -0.2) is 24.0 Å². The third-order valence-corrected chi connectivity index (χ3v) is 5.33. The van der Waals surface area contributed by atoms with Crippen LogP contribution in [0.25, 0.3) is 0 Å². The van der Waals surface area contributed by atoms with Gasteiger partial charge in [0.05, 0.1) is 15.8 Å². The van der Waals surface area contributed by atoms with Crippen LogP contribution in [-0.2, 0) is 0 Å². The maximum Gasteiger partial charge on any atom is 0.184 e. The van der Waals surface area contributed by atoms with Crippen molar-refractivity contribution in [1.29, 1.82) is 0 Å². The SMILES string of the molecule is CC(CO)(C(Br)Br)C(O)(Br)Br. The molecular formula is C5H8Br4O2. The minimum atomic E-state index is -1.29. The predicted octanol–water partition coefficient (Wildman–Crippen LogP) is 2.54. The third kappa shape index (κ3) is 2.91. The Balaban J connectivity index is 4.61. The van der Waals surface area contributed by atoms with Gasteiger partial charge in [0.2, 0.25) is 0 Å². The highest BCUT2D eigenvalue weighted by Crippen LogP contribution is 2.48. The van der Waals surface area contributed by atoms with Crippen molar-refractivity contribution in [3.8, 4) is 0 Å². The van der Waals surface area contributed by atoms with E-state index in [4.69, 9.17) is 5.11 Å². The average molecular weight is 420 g/mol. The van der Waals surface area contributed by atoms with Crippen molar-refractivity contribution in [3.05, 3.63) is 0 Å². The summed E-state index contributed by atoms with van der Waals surface area (Å²) >= 11 is 12.5. The minimum absolute atomic E-state index is 0.166. The first-order valence-corrected chi connectivity index (χ1v) is 6.16. The quantitative estimate of drug-likeness (QED) is 0.690. The summed E-state index contributed by atoms with van der Waals surface area (Å²) < 4.78 is -1.49. The van der Waals surface area contributed by atoms with Gasteiger partial charge in [0.25, 0.3) is 0 Å². The van der Waals surface area contributed by atoms with Gasteiger partial charge in [-0.3, -0.25) is 0 Å². The van der Waals surface area contributed by atoms with Crippen molar-refractivity contribution in [2.75, 3.05) is 6.61 Å². The maximum absolute atomic E-state index is 9.52. The van der Waals surface area contributed by atoms with E-state index in [0.29, 0.717) is 0 Å². The van der Waals surface area contributed by atoms with Crippen LogP contribution >= 0.6 is 63.7 Å². The van der Waals surface area contributed by atoms with Crippen molar-refractivity contribution in [2.24, 2.45) is 5.41 Å². The Labute approximate surface area is 99.3 Å². The molecule has 0 rings (SSSR count). The summed E-state index contributed by atoms with van der Waals surface area (Å²) in [4.78, 5) is 0. The summed E-state index contributed by atoms with van der Waals surface area (Å²) in [5, 5.41) is 18.5. The molecule has 0 aliphatic heterocycles. The smallest absolute Gasteiger partial charge is 0.184 e. The summed E-state index contributed by atoms with van der Waals surface area (Å²) in [5.41, 5.74) is -0.743. The monoisotopic (exact) mass is 416 g/mol. The largest absolute Gasteiger partial charge is 0.396 e. The van der Waals surface area contributed by atoms with Crippen LogP contribution in [0, 0.1) is 5.41 Å². The van der Waals surface area contributed by atoms with Crippen LogP contribution in [0.15, 0.2) is 0 Å². The summed E-state index contributed by atoms with van der Waals surface area (Å²) in [6.45, 7) is 1.55. The zero-order chi connectivity index (χ0) is 9.28. The van der Waals surface area contributed by atoms with Gasteiger partial charge in [0.1, 0.15) is 0 Å². The van der Waals surface area contributed by atoms with Gasteiger partial charge in [-0.05, 0) is 31.9 Å². The van der Waals surface area contributed by atoms with E-state index in [9.17, 15) is 5.11 Å². The molecule has 0 spiro atoms. The fourth-order valence-corrected chi connectivity index (χ4v) is 3.18. The second-order valence-electron chi connectivity index (χ2n) is 2.42. The molecule has 0 aromatic rings. The number of hydrogen-bond donors (Lipinski definition) is 2. The van der Waals surface area contributed by atoms with Gasteiger partial charge in [0.15, 0.2) is 3.42 Å². The number of aliphatic hydroxyl groups is 2. The average Bonchev–Trinajstić information content (AvgIpc) is 1.83. The fraction of sp³-hybridized carbons (Fsp3) is 1.00. The van der Waals surface area contributed by atoms with E-state index in [1.807, 2.05) is 0 Å². The van der Waals surface area contributed by atoms with Gasteiger partial charge >= 0.3 is 0 Å². The Bertz CT molecular complexity index is 133. The van der Waals surface area contributed by atoms with Crippen LogP contribution in [0.5, 0.6) is 0 Å². The van der Waals surface area contributed by atoms with Crippen LogP contribution in [0.1, 0.15) is 6.92 Å². The molecule has 0 aliphatic carbocycles. The summed E-state index contributed by atoms with van der Waals surface area (Å²) in [5.74, 6) is 0. The molecule has 0 aromatic heterocycles. The Morgan fingerprint density at radius 3 is 1.73 bits per heavy atom. The minimum Gasteiger partial charge on any atom is -0.396 e. The van der Waals surface area contributed by atoms with Gasteiger partial charge in [-0.2, -0.15) is 0 Å². The van der Waals surface area contributed by atoms with E-state index >= 15 is 0 Å². The van der Waals surface area contributed by atoms with Crippen molar-refractivity contribution in [3.63, 3.8) is 0 Å². The zero-order valence-corrected chi connectivity index (χ0v) is 12.0. The summed E-state index contributed by atoms with van der Waals surface area (Å²) in [6, 6.07) is 0. The Kier molecular flexibility index (Phi) is 5.10. The van der Waals surface area contributed by atoms with E-state index in [1.165, 1.54) is 0 Å². The Morgan fingerprint density at radius 2 is 1.73 bits per heavy atom. The number of hydrogen-bond acceptors (Lipinski definition) is 2. The fourth-order valence-electron chi connectivity index (χ4n) is 0.295. The van der Waals surface area contributed by atoms with E-state index < -0.39 is 8.83 Å². The normalized spacial score (nSPS) is 18.5. The molecule has 2 nitrogen and oxygen atoms in total. The van der Waals surface area contributed by atoms with Gasteiger partial charge in [0, 0.05) is 0 Å². The van der Waals surface area contributed by atoms with E-state index in [2.05, 4.69) is 63.7 Å². The number of alkyl halides is 4. The Morgan fingerprint density at radius 1 is 1.36 bits per heavy atom. The zero-order valence-electron chi connectivity index (χ0n) is 5.69. The molecule has 0 radical (unpaired) electrons. The van der Waals surface area contributed by atoms with Crippen LogP contribution < -0.4 is 0 Å². The van der Waals surface area contributed by atoms with Crippen LogP contribution in [0.3, 0.4) is 0 Å². The first-order valence-electron chi connectivity index (χ1n) is 2.75. The molecular weight excluding hydrogens is 412 g/mol. The standard InChI is InChI=1S/C5H8Br4O2/c1-4(2-10,3(6)7)5(8,9)11/h3,10-11H,2H2,1H3. The topological polar surface area (TPSA) is 40.5 Å². The molecule has 1 unspecified atom stereocenters. The summed E-state index contributed by atoms with van der Waals surface area (Å²) in [7, 11) is 0. The Hall–Kier alpha value is 1.84. The third-order valence-electron chi connectivity index (χ3n) is 1.50. The molecule has 1 atom stereocenters. The molecule has 0 fully saturated rings. The first kappa shape index (κ1) is 12.8. The predicted molar refractivity (Wildman–Crippen MR) is 59.6 cm³/mol. The molecule has 6 heteroatoms.